The summed E-state index contributed by atoms with van der Waals surface area (Å²) in [5.41, 5.74) is 8.11. The molecular weight excluding hydrogens is 164 g/mol. The molecule has 1 rings (SSSR count). The predicted molar refractivity (Wildman–Crippen MR) is 53.6 cm³/mol. The van der Waals surface area contributed by atoms with Crippen molar-refractivity contribution >= 4 is 11.5 Å². The van der Waals surface area contributed by atoms with Crippen molar-refractivity contribution in [2.75, 3.05) is 12.8 Å². The van der Waals surface area contributed by atoms with E-state index in [4.69, 9.17) is 5.73 Å². The van der Waals surface area contributed by atoms with Gasteiger partial charge < -0.3 is 11.1 Å². The Labute approximate surface area is 77.9 Å². The van der Waals surface area contributed by atoms with Gasteiger partial charge in [0, 0.05) is 17.8 Å². The molecule has 1 aromatic rings. The zero-order valence-corrected chi connectivity index (χ0v) is 7.92. The summed E-state index contributed by atoms with van der Waals surface area (Å²) < 4.78 is 0. The number of hydrogen-bond acceptors (Lipinski definition) is 3. The number of nitrogens with one attached hydrogen (secondary N) is 1. The summed E-state index contributed by atoms with van der Waals surface area (Å²) in [4.78, 5) is 11.0. The Hall–Kier alpha value is -1.35. The lowest BCUT2D eigenvalue weighted by molar-refractivity contribution is 0.101. The highest BCUT2D eigenvalue weighted by atomic mass is 16.1. The van der Waals surface area contributed by atoms with Crippen LogP contribution in [-0.2, 0) is 6.54 Å². The largest absolute Gasteiger partial charge is 0.398 e. The molecule has 0 unspecified atom stereocenters. The molecule has 3 heteroatoms. The molecule has 0 atom stereocenters. The fourth-order valence-corrected chi connectivity index (χ4v) is 1.17. The van der Waals surface area contributed by atoms with Gasteiger partial charge in [-0.2, -0.15) is 0 Å². The average Bonchev–Trinajstić information content (AvgIpc) is 2.08. The Bertz CT molecular complexity index is 321. The molecule has 0 saturated carbocycles. The highest BCUT2D eigenvalue weighted by molar-refractivity contribution is 5.95. The Balaban J connectivity index is 2.98. The maximum Gasteiger partial charge on any atom is 0.159 e. The van der Waals surface area contributed by atoms with E-state index in [1.54, 1.807) is 12.1 Å². The van der Waals surface area contributed by atoms with E-state index in [0.29, 0.717) is 11.3 Å². The van der Waals surface area contributed by atoms with Crippen molar-refractivity contribution in [1.82, 2.24) is 5.32 Å². The Morgan fingerprint density at radius 3 is 2.69 bits per heavy atom. The number of ketones is 1. The van der Waals surface area contributed by atoms with Crippen molar-refractivity contribution in [3.63, 3.8) is 0 Å². The smallest absolute Gasteiger partial charge is 0.159 e. The SMILES string of the molecule is CNCc1ccc(C(C)=O)cc1N. The fraction of sp³-hybridized carbons (Fsp3) is 0.300. The molecule has 0 spiro atoms. The predicted octanol–water partition coefficient (Wildman–Crippen LogP) is 1.19. The van der Waals surface area contributed by atoms with Crippen LogP contribution >= 0.6 is 0 Å². The van der Waals surface area contributed by atoms with Crippen LogP contribution in [0.2, 0.25) is 0 Å². The van der Waals surface area contributed by atoms with Crippen LogP contribution in [0.1, 0.15) is 22.8 Å². The quantitative estimate of drug-likeness (QED) is 0.540. The third kappa shape index (κ3) is 2.29. The molecule has 3 N–H and O–H groups in total. The number of nitrogens with two attached hydrogens (primary N) is 1. The summed E-state index contributed by atoms with van der Waals surface area (Å²) in [6.07, 6.45) is 0. The minimum atomic E-state index is 0.0442. The standard InChI is InChI=1S/C10H14N2O/c1-7(13)8-3-4-9(6-12-2)10(11)5-8/h3-5,12H,6,11H2,1-2H3. The molecule has 0 heterocycles. The molecule has 0 saturated heterocycles. The first-order valence-corrected chi connectivity index (χ1v) is 4.19. The second-order valence-corrected chi connectivity index (χ2v) is 3.00. The van der Waals surface area contributed by atoms with Crippen molar-refractivity contribution in [3.8, 4) is 0 Å². The summed E-state index contributed by atoms with van der Waals surface area (Å²) in [6, 6.07) is 5.39. The first kappa shape index (κ1) is 9.74. The Morgan fingerprint density at radius 1 is 1.54 bits per heavy atom. The summed E-state index contributed by atoms with van der Waals surface area (Å²) in [7, 11) is 1.86. The van der Waals surface area contributed by atoms with Gasteiger partial charge in [0.05, 0.1) is 0 Å². The summed E-state index contributed by atoms with van der Waals surface area (Å²) in [5.74, 6) is 0.0442. The van der Waals surface area contributed by atoms with E-state index in [1.807, 2.05) is 13.1 Å². The van der Waals surface area contributed by atoms with E-state index in [-0.39, 0.29) is 5.78 Å². The second-order valence-electron chi connectivity index (χ2n) is 3.00. The number of carbonyl (C=O) groups is 1. The lowest BCUT2D eigenvalue weighted by Crippen LogP contribution is -2.08. The summed E-state index contributed by atoms with van der Waals surface area (Å²) in [5, 5.41) is 3.01. The summed E-state index contributed by atoms with van der Waals surface area (Å²) in [6.45, 7) is 2.26. The van der Waals surface area contributed by atoms with E-state index >= 15 is 0 Å². The topological polar surface area (TPSA) is 55.1 Å². The van der Waals surface area contributed by atoms with E-state index in [0.717, 1.165) is 12.1 Å². The van der Waals surface area contributed by atoms with Gasteiger partial charge in [0.2, 0.25) is 0 Å². The van der Waals surface area contributed by atoms with Crippen LogP contribution in [-0.4, -0.2) is 12.8 Å². The minimum Gasteiger partial charge on any atom is -0.398 e. The van der Waals surface area contributed by atoms with Crippen LogP contribution in [0.5, 0.6) is 0 Å². The normalized spacial score (nSPS) is 10.0. The second kappa shape index (κ2) is 4.05. The van der Waals surface area contributed by atoms with Gasteiger partial charge in [-0.3, -0.25) is 4.79 Å². The number of Topliss-reactive ketones (excluding diaryl/α,β-unsaturated/α-hetero) is 1. The van der Waals surface area contributed by atoms with E-state index in [2.05, 4.69) is 5.32 Å². The zero-order chi connectivity index (χ0) is 9.84. The molecule has 13 heavy (non-hydrogen) atoms. The third-order valence-corrected chi connectivity index (χ3v) is 1.92. The number of benzene rings is 1. The molecular formula is C10H14N2O. The fourth-order valence-electron chi connectivity index (χ4n) is 1.17. The number of rotatable bonds is 3. The van der Waals surface area contributed by atoms with Crippen LogP contribution in [0.4, 0.5) is 5.69 Å². The Kier molecular flexibility index (Phi) is 3.03. The summed E-state index contributed by atoms with van der Waals surface area (Å²) >= 11 is 0. The molecule has 0 aromatic heterocycles. The molecule has 0 radical (unpaired) electrons. The maximum absolute atomic E-state index is 11.0. The average molecular weight is 178 g/mol. The van der Waals surface area contributed by atoms with Crippen LogP contribution in [0.25, 0.3) is 0 Å². The van der Waals surface area contributed by atoms with Crippen LogP contribution in [0.15, 0.2) is 18.2 Å². The van der Waals surface area contributed by atoms with Crippen molar-refractivity contribution in [3.05, 3.63) is 29.3 Å². The zero-order valence-electron chi connectivity index (χ0n) is 7.92. The molecule has 0 aliphatic heterocycles. The first-order chi connectivity index (χ1) is 6.15. The van der Waals surface area contributed by atoms with Gasteiger partial charge in [0.25, 0.3) is 0 Å². The van der Waals surface area contributed by atoms with E-state index in [9.17, 15) is 4.79 Å². The van der Waals surface area contributed by atoms with Gasteiger partial charge in [-0.25, -0.2) is 0 Å². The number of nitrogen functional groups attached to an aromatic ring is 1. The maximum atomic E-state index is 11.0. The van der Waals surface area contributed by atoms with Gasteiger partial charge >= 0.3 is 0 Å². The van der Waals surface area contributed by atoms with Gasteiger partial charge in [-0.15, -0.1) is 0 Å². The van der Waals surface area contributed by atoms with Crippen LogP contribution < -0.4 is 11.1 Å². The number of carbonyl (C=O) groups excluding carboxylic acids is 1. The lowest BCUT2D eigenvalue weighted by atomic mass is 10.1. The molecule has 0 aliphatic rings. The number of anilines is 1. The molecule has 0 amide bonds. The van der Waals surface area contributed by atoms with Crippen molar-refractivity contribution in [2.45, 2.75) is 13.5 Å². The Morgan fingerprint density at radius 2 is 2.23 bits per heavy atom. The number of hydrogen-bond donors (Lipinski definition) is 2. The highest BCUT2D eigenvalue weighted by Crippen LogP contribution is 2.14. The van der Waals surface area contributed by atoms with Gasteiger partial charge in [-0.1, -0.05) is 12.1 Å². The highest BCUT2D eigenvalue weighted by Gasteiger charge is 2.02. The molecule has 0 aliphatic carbocycles. The molecule has 0 fully saturated rings. The van der Waals surface area contributed by atoms with Gasteiger partial charge in [0.1, 0.15) is 0 Å². The molecule has 1 aromatic carbocycles. The van der Waals surface area contributed by atoms with E-state index in [1.165, 1.54) is 6.92 Å². The van der Waals surface area contributed by atoms with Crippen molar-refractivity contribution in [1.29, 1.82) is 0 Å². The van der Waals surface area contributed by atoms with Crippen LogP contribution in [0, 0.1) is 0 Å². The molecule has 70 valence electrons. The molecule has 0 bridgehead atoms. The third-order valence-electron chi connectivity index (χ3n) is 1.92. The minimum absolute atomic E-state index is 0.0442. The van der Waals surface area contributed by atoms with Gasteiger partial charge in [0.15, 0.2) is 5.78 Å². The first-order valence-electron chi connectivity index (χ1n) is 4.19. The van der Waals surface area contributed by atoms with Crippen LogP contribution in [0.3, 0.4) is 0 Å². The van der Waals surface area contributed by atoms with Crippen molar-refractivity contribution < 1.29 is 4.79 Å². The van der Waals surface area contributed by atoms with E-state index < -0.39 is 0 Å². The molecule has 3 nitrogen and oxygen atoms in total. The monoisotopic (exact) mass is 178 g/mol. The lowest BCUT2D eigenvalue weighted by Gasteiger charge is -2.05. The van der Waals surface area contributed by atoms with Crippen molar-refractivity contribution in [2.24, 2.45) is 0 Å². The van der Waals surface area contributed by atoms with Gasteiger partial charge in [-0.05, 0) is 25.6 Å².